The highest BCUT2D eigenvalue weighted by molar-refractivity contribution is 6.13. The number of aromatic nitrogens is 1. The first-order valence-corrected chi connectivity index (χ1v) is 7.46. The highest BCUT2D eigenvalue weighted by Crippen LogP contribution is 2.31. The van der Waals surface area contributed by atoms with E-state index in [1.54, 1.807) is 19.1 Å². The fourth-order valence-corrected chi connectivity index (χ4v) is 2.81. The molecule has 1 aliphatic carbocycles. The monoisotopic (exact) mass is 311 g/mol. The van der Waals surface area contributed by atoms with Crippen molar-refractivity contribution in [1.29, 1.82) is 0 Å². The molecule has 0 radical (unpaired) electrons. The van der Waals surface area contributed by atoms with Crippen LogP contribution in [0.5, 0.6) is 0 Å². The molecular formula is C17H17N3O3. The fourth-order valence-electron chi connectivity index (χ4n) is 2.81. The molecule has 0 saturated carbocycles. The van der Waals surface area contributed by atoms with Gasteiger partial charge >= 0.3 is 0 Å². The van der Waals surface area contributed by atoms with Gasteiger partial charge in [-0.05, 0) is 32.4 Å². The number of rotatable bonds is 2. The number of fused-ring (bicyclic) bond motifs is 1. The largest absolute Gasteiger partial charge is 0.361 e. The van der Waals surface area contributed by atoms with Gasteiger partial charge in [0.25, 0.3) is 11.8 Å². The Morgan fingerprint density at radius 3 is 2.87 bits per heavy atom. The average molecular weight is 311 g/mol. The number of carbonyl (C=O) groups excluding carboxylic acids is 2. The lowest BCUT2D eigenvalue weighted by molar-refractivity contribution is -0.117. The first-order chi connectivity index (χ1) is 11.0. The summed E-state index contributed by atoms with van der Waals surface area (Å²) in [5.74, 6) is 0.0330. The first kappa shape index (κ1) is 15.1. The van der Waals surface area contributed by atoms with E-state index < -0.39 is 5.91 Å². The molecule has 3 rings (SSSR count). The maximum Gasteiger partial charge on any atom is 0.299 e. The molecule has 6 heteroatoms. The molecule has 2 aliphatic rings. The van der Waals surface area contributed by atoms with Crippen LogP contribution in [-0.4, -0.2) is 22.7 Å². The Bertz CT molecular complexity index is 809. The van der Waals surface area contributed by atoms with Crippen molar-refractivity contribution in [2.45, 2.75) is 27.2 Å². The molecule has 118 valence electrons. The van der Waals surface area contributed by atoms with Crippen molar-refractivity contribution < 1.29 is 14.1 Å². The number of aryl methyl sites for hydroxylation is 1. The van der Waals surface area contributed by atoms with E-state index >= 15 is 0 Å². The van der Waals surface area contributed by atoms with Crippen LogP contribution in [0.15, 0.2) is 50.7 Å². The third kappa shape index (κ3) is 2.79. The molecule has 1 aromatic rings. The lowest BCUT2D eigenvalue weighted by Gasteiger charge is -2.29. The molecule has 6 nitrogen and oxygen atoms in total. The first-order valence-electron chi connectivity index (χ1n) is 7.46. The van der Waals surface area contributed by atoms with E-state index in [1.807, 2.05) is 19.9 Å². The van der Waals surface area contributed by atoms with Crippen LogP contribution in [0, 0.1) is 12.8 Å². The number of amides is 2. The fraction of sp³-hybridized carbons (Fsp3) is 0.294. The topological polar surface area (TPSA) is 84.6 Å². The summed E-state index contributed by atoms with van der Waals surface area (Å²) in [7, 11) is 0. The number of nitrogens with zero attached hydrogens (tertiary/aromatic N) is 2. The van der Waals surface area contributed by atoms with E-state index in [0.717, 1.165) is 16.8 Å². The molecular weight excluding hydrogens is 294 g/mol. The zero-order chi connectivity index (χ0) is 16.6. The van der Waals surface area contributed by atoms with Crippen LogP contribution >= 0.6 is 0 Å². The summed E-state index contributed by atoms with van der Waals surface area (Å²) in [6.45, 7) is 5.64. The number of aliphatic imine (C=N–C) groups is 1. The number of allylic oxidation sites excluding steroid dienone is 3. The molecule has 0 fully saturated rings. The van der Waals surface area contributed by atoms with Crippen molar-refractivity contribution in [3.8, 4) is 0 Å². The van der Waals surface area contributed by atoms with Gasteiger partial charge in [0, 0.05) is 23.3 Å². The van der Waals surface area contributed by atoms with Gasteiger partial charge in [-0.1, -0.05) is 23.7 Å². The lowest BCUT2D eigenvalue weighted by Crippen LogP contribution is -2.36. The zero-order valence-corrected chi connectivity index (χ0v) is 13.2. The summed E-state index contributed by atoms with van der Waals surface area (Å²) >= 11 is 0. The Morgan fingerprint density at radius 1 is 1.43 bits per heavy atom. The van der Waals surface area contributed by atoms with Crippen LogP contribution in [0.1, 0.15) is 36.5 Å². The van der Waals surface area contributed by atoms with Crippen molar-refractivity contribution in [1.82, 2.24) is 10.5 Å². The Morgan fingerprint density at radius 2 is 2.22 bits per heavy atom. The van der Waals surface area contributed by atoms with E-state index in [0.29, 0.717) is 17.9 Å². The summed E-state index contributed by atoms with van der Waals surface area (Å²) < 4.78 is 4.88. The summed E-state index contributed by atoms with van der Waals surface area (Å²) in [5, 5.41) is 6.54. The second-order valence-corrected chi connectivity index (χ2v) is 5.57. The minimum absolute atomic E-state index is 0.0333. The van der Waals surface area contributed by atoms with Gasteiger partial charge in [0.2, 0.25) is 0 Å². The Hall–Kier alpha value is -2.76. The smallest absolute Gasteiger partial charge is 0.299 e. The standard InChI is InChI=1S/C17H17N3O3/c1-4-12-10(3)13-6-5-11(8-14(13)19-16(12)21)18-17(22)15-7-9(2)23-20-15/h5-8,13H,4H2,1-3H3,(H,19,21). The summed E-state index contributed by atoms with van der Waals surface area (Å²) in [4.78, 5) is 28.1. The van der Waals surface area contributed by atoms with E-state index in [4.69, 9.17) is 4.52 Å². The van der Waals surface area contributed by atoms with Gasteiger partial charge in [-0.15, -0.1) is 0 Å². The molecule has 0 aromatic carbocycles. The predicted molar refractivity (Wildman–Crippen MR) is 84.9 cm³/mol. The molecule has 1 aromatic heterocycles. The number of hydrogen-bond acceptors (Lipinski definition) is 4. The van der Waals surface area contributed by atoms with Crippen LogP contribution < -0.4 is 5.32 Å². The van der Waals surface area contributed by atoms with Crippen LogP contribution in [0.3, 0.4) is 0 Å². The van der Waals surface area contributed by atoms with Crippen LogP contribution in [0.25, 0.3) is 0 Å². The maximum atomic E-state index is 12.1. The highest BCUT2D eigenvalue weighted by Gasteiger charge is 2.28. The quantitative estimate of drug-likeness (QED) is 0.909. The van der Waals surface area contributed by atoms with E-state index in [-0.39, 0.29) is 17.5 Å². The van der Waals surface area contributed by atoms with Gasteiger partial charge in [0.1, 0.15) is 5.76 Å². The van der Waals surface area contributed by atoms with Crippen LogP contribution in [-0.2, 0) is 4.79 Å². The highest BCUT2D eigenvalue weighted by atomic mass is 16.5. The van der Waals surface area contributed by atoms with E-state index in [1.165, 1.54) is 6.07 Å². The third-order valence-electron chi connectivity index (χ3n) is 4.00. The van der Waals surface area contributed by atoms with Gasteiger partial charge in [-0.25, -0.2) is 4.99 Å². The predicted octanol–water partition coefficient (Wildman–Crippen LogP) is 2.49. The average Bonchev–Trinajstić information content (AvgIpc) is 2.94. The molecule has 1 atom stereocenters. The molecule has 1 aliphatic heterocycles. The van der Waals surface area contributed by atoms with Crippen molar-refractivity contribution >= 4 is 17.5 Å². The molecule has 23 heavy (non-hydrogen) atoms. The molecule has 0 saturated heterocycles. The summed E-state index contributed by atoms with van der Waals surface area (Å²) in [6.07, 6.45) is 6.15. The van der Waals surface area contributed by atoms with Gasteiger partial charge in [-0.3, -0.25) is 9.59 Å². The minimum atomic E-state index is -0.472. The number of nitrogens with one attached hydrogen (secondary N) is 1. The Balaban J connectivity index is 1.89. The maximum absolute atomic E-state index is 12.1. The molecule has 1 N–H and O–H groups in total. The minimum Gasteiger partial charge on any atom is -0.361 e. The number of hydrogen-bond donors (Lipinski definition) is 1. The van der Waals surface area contributed by atoms with Crippen molar-refractivity contribution in [3.63, 3.8) is 0 Å². The Labute approximate surface area is 133 Å². The molecule has 2 amide bonds. The normalized spacial score (nSPS) is 22.0. The second-order valence-electron chi connectivity index (χ2n) is 5.57. The van der Waals surface area contributed by atoms with Gasteiger partial charge in [-0.2, -0.15) is 0 Å². The number of carbonyl (C=O) groups is 2. The van der Waals surface area contributed by atoms with Crippen molar-refractivity contribution in [3.05, 3.63) is 52.6 Å². The zero-order valence-electron chi connectivity index (χ0n) is 13.2. The summed E-state index contributed by atoms with van der Waals surface area (Å²) in [6, 6.07) is 1.54. The van der Waals surface area contributed by atoms with Gasteiger partial charge in [0.15, 0.2) is 5.69 Å². The van der Waals surface area contributed by atoms with Crippen molar-refractivity contribution in [2.75, 3.05) is 0 Å². The van der Waals surface area contributed by atoms with E-state index in [9.17, 15) is 9.59 Å². The van der Waals surface area contributed by atoms with Gasteiger partial charge < -0.3 is 9.84 Å². The molecule has 1 unspecified atom stereocenters. The molecule has 2 heterocycles. The van der Waals surface area contributed by atoms with Crippen LogP contribution in [0.2, 0.25) is 0 Å². The Kier molecular flexibility index (Phi) is 3.82. The SMILES string of the molecule is CCC1=C(C)C2C=CC(=NC(=O)c3cc(C)on3)C=C2NC1=O. The summed E-state index contributed by atoms with van der Waals surface area (Å²) in [5.41, 5.74) is 3.24. The lowest BCUT2D eigenvalue weighted by atomic mass is 9.84. The van der Waals surface area contributed by atoms with Crippen LogP contribution in [0.4, 0.5) is 0 Å². The molecule has 0 spiro atoms. The third-order valence-corrected chi connectivity index (χ3v) is 4.00. The molecule has 0 bridgehead atoms. The second kappa shape index (κ2) is 5.79. The van der Waals surface area contributed by atoms with E-state index in [2.05, 4.69) is 15.5 Å². The van der Waals surface area contributed by atoms with Crippen molar-refractivity contribution in [2.24, 2.45) is 10.9 Å². The van der Waals surface area contributed by atoms with Gasteiger partial charge in [0.05, 0.1) is 5.71 Å².